The number of carbonyl (C=O) groups is 1. The van der Waals surface area contributed by atoms with Crippen molar-refractivity contribution in [3.63, 3.8) is 0 Å². The van der Waals surface area contributed by atoms with Crippen LogP contribution in [0.5, 0.6) is 0 Å². The second-order valence-electron chi connectivity index (χ2n) is 5.76. The van der Waals surface area contributed by atoms with Gasteiger partial charge in [0, 0.05) is 6.20 Å². The summed E-state index contributed by atoms with van der Waals surface area (Å²) >= 11 is 0. The van der Waals surface area contributed by atoms with Crippen LogP contribution in [0.2, 0.25) is 0 Å². The molecule has 154 valence electrons. The van der Waals surface area contributed by atoms with Crippen molar-refractivity contribution in [2.24, 2.45) is 0 Å². The van der Waals surface area contributed by atoms with E-state index in [-0.39, 0.29) is 17.5 Å². The first kappa shape index (κ1) is 20.4. The largest absolute Gasteiger partial charge is 0.418 e. The van der Waals surface area contributed by atoms with Crippen molar-refractivity contribution in [2.75, 3.05) is 5.32 Å². The normalized spacial score (nSPS) is 12.2. The summed E-state index contributed by atoms with van der Waals surface area (Å²) in [6.07, 6.45) is -8.80. The summed E-state index contributed by atoms with van der Waals surface area (Å²) in [5.74, 6) is -1.23. The predicted octanol–water partition coefficient (Wildman–Crippen LogP) is 4.23. The Labute approximate surface area is 157 Å². The highest BCUT2D eigenvalue weighted by atomic mass is 19.4. The lowest BCUT2D eigenvalue weighted by Crippen LogP contribution is -2.30. The number of amides is 2. The Morgan fingerprint density at radius 2 is 1.72 bits per heavy atom. The SMILES string of the molecule is O=C(NCc1nnc2ccc(C(F)(F)F)cn12)Nc1ccc(F)cc1C(F)(F)F. The highest BCUT2D eigenvalue weighted by Gasteiger charge is 2.34. The number of carbonyl (C=O) groups excluding carboxylic acids is 1. The molecule has 0 fully saturated rings. The van der Waals surface area contributed by atoms with Crippen molar-refractivity contribution in [1.82, 2.24) is 19.9 Å². The van der Waals surface area contributed by atoms with Gasteiger partial charge in [-0.2, -0.15) is 26.3 Å². The minimum absolute atomic E-state index is 0.0769. The Bertz CT molecular complexity index is 1060. The Morgan fingerprint density at radius 3 is 2.38 bits per heavy atom. The van der Waals surface area contributed by atoms with E-state index in [9.17, 15) is 35.5 Å². The Hall–Kier alpha value is -3.38. The zero-order chi connectivity index (χ0) is 21.4. The summed E-state index contributed by atoms with van der Waals surface area (Å²) in [7, 11) is 0. The molecular weight excluding hydrogens is 411 g/mol. The highest BCUT2D eigenvalue weighted by molar-refractivity contribution is 5.90. The maximum absolute atomic E-state index is 13.1. The second-order valence-corrected chi connectivity index (χ2v) is 5.76. The molecule has 3 rings (SSSR count). The van der Waals surface area contributed by atoms with Gasteiger partial charge in [-0.25, -0.2) is 9.18 Å². The number of benzene rings is 1. The number of hydrogen-bond donors (Lipinski definition) is 2. The molecule has 0 atom stereocenters. The number of aromatic nitrogens is 3. The van der Waals surface area contributed by atoms with Crippen LogP contribution in [0.1, 0.15) is 17.0 Å². The van der Waals surface area contributed by atoms with Gasteiger partial charge in [0.25, 0.3) is 0 Å². The Morgan fingerprint density at radius 1 is 1.00 bits per heavy atom. The number of anilines is 1. The molecule has 0 saturated heterocycles. The fourth-order valence-electron chi connectivity index (χ4n) is 2.41. The van der Waals surface area contributed by atoms with Gasteiger partial charge < -0.3 is 10.6 Å². The fraction of sp³-hybridized carbons (Fsp3) is 0.188. The van der Waals surface area contributed by atoms with Crippen molar-refractivity contribution >= 4 is 17.4 Å². The zero-order valence-electron chi connectivity index (χ0n) is 14.1. The van der Waals surface area contributed by atoms with E-state index in [1.165, 1.54) is 0 Å². The van der Waals surface area contributed by atoms with Gasteiger partial charge in [-0.1, -0.05) is 0 Å². The molecule has 0 aliphatic heterocycles. The summed E-state index contributed by atoms with van der Waals surface area (Å²) in [5.41, 5.74) is -2.98. The average molecular weight is 421 g/mol. The van der Waals surface area contributed by atoms with Crippen LogP contribution >= 0.6 is 0 Å². The zero-order valence-corrected chi connectivity index (χ0v) is 14.1. The number of urea groups is 1. The lowest BCUT2D eigenvalue weighted by atomic mass is 10.1. The van der Waals surface area contributed by atoms with E-state index in [1.807, 2.05) is 5.32 Å². The standard InChI is InChI=1S/C16H10F7N5O/c17-9-2-3-11(10(5-9)16(21,22)23)25-14(29)24-6-13-27-26-12-4-1-8(7-28(12)13)15(18,19)20/h1-5,7H,6H2,(H2,24,25,29). The van der Waals surface area contributed by atoms with Gasteiger partial charge in [-0.05, 0) is 30.3 Å². The predicted molar refractivity (Wildman–Crippen MR) is 85.2 cm³/mol. The van der Waals surface area contributed by atoms with Gasteiger partial charge >= 0.3 is 18.4 Å². The molecule has 0 spiro atoms. The number of hydrogen-bond acceptors (Lipinski definition) is 3. The van der Waals surface area contributed by atoms with Crippen molar-refractivity contribution in [3.8, 4) is 0 Å². The van der Waals surface area contributed by atoms with Crippen molar-refractivity contribution in [3.05, 3.63) is 59.3 Å². The van der Waals surface area contributed by atoms with Gasteiger partial charge in [-0.3, -0.25) is 4.40 Å². The summed E-state index contributed by atoms with van der Waals surface area (Å²) < 4.78 is 91.4. The lowest BCUT2D eigenvalue weighted by Gasteiger charge is -2.14. The van der Waals surface area contributed by atoms with Crippen LogP contribution in [0, 0.1) is 5.82 Å². The summed E-state index contributed by atoms with van der Waals surface area (Å²) in [5, 5.41) is 11.4. The highest BCUT2D eigenvalue weighted by Crippen LogP contribution is 2.35. The van der Waals surface area contributed by atoms with E-state index in [0.29, 0.717) is 0 Å². The lowest BCUT2D eigenvalue weighted by molar-refractivity contribution is -0.138. The number of halogens is 7. The maximum atomic E-state index is 13.1. The smallest absolute Gasteiger partial charge is 0.331 e. The molecule has 0 saturated carbocycles. The van der Waals surface area contributed by atoms with E-state index < -0.39 is 47.6 Å². The third-order valence-electron chi connectivity index (χ3n) is 3.74. The van der Waals surface area contributed by atoms with Crippen molar-refractivity contribution in [2.45, 2.75) is 18.9 Å². The van der Waals surface area contributed by atoms with Gasteiger partial charge in [0.1, 0.15) is 5.82 Å². The minimum atomic E-state index is -4.91. The molecule has 2 heterocycles. The van der Waals surface area contributed by atoms with E-state index in [0.717, 1.165) is 34.9 Å². The third kappa shape index (κ3) is 4.55. The molecule has 0 unspecified atom stereocenters. The Kier molecular flexibility index (Phi) is 5.07. The molecule has 0 aliphatic carbocycles. The van der Waals surface area contributed by atoms with Gasteiger partial charge in [-0.15, -0.1) is 10.2 Å². The minimum Gasteiger partial charge on any atom is -0.331 e. The molecule has 29 heavy (non-hydrogen) atoms. The average Bonchev–Trinajstić information content (AvgIpc) is 3.02. The van der Waals surface area contributed by atoms with E-state index in [4.69, 9.17) is 0 Å². The number of fused-ring (bicyclic) bond motifs is 1. The van der Waals surface area contributed by atoms with Gasteiger partial charge in [0.05, 0.1) is 23.4 Å². The van der Waals surface area contributed by atoms with E-state index in [2.05, 4.69) is 15.5 Å². The third-order valence-corrected chi connectivity index (χ3v) is 3.74. The quantitative estimate of drug-likeness (QED) is 0.622. The second kappa shape index (κ2) is 7.22. The molecular formula is C16H10F7N5O. The molecule has 3 aromatic rings. The summed E-state index contributed by atoms with van der Waals surface area (Å²) in [6, 6.07) is 2.47. The van der Waals surface area contributed by atoms with Crippen LogP contribution in [0.3, 0.4) is 0 Å². The molecule has 0 radical (unpaired) electrons. The summed E-state index contributed by atoms with van der Waals surface area (Å²) in [6.45, 7) is -0.434. The van der Waals surface area contributed by atoms with Crippen LogP contribution < -0.4 is 10.6 Å². The van der Waals surface area contributed by atoms with Crippen LogP contribution in [-0.2, 0) is 18.9 Å². The number of rotatable bonds is 3. The summed E-state index contributed by atoms with van der Waals surface area (Å²) in [4.78, 5) is 11.9. The molecule has 2 N–H and O–H groups in total. The van der Waals surface area contributed by atoms with Gasteiger partial charge in [0.2, 0.25) is 0 Å². The number of pyridine rings is 1. The number of alkyl halides is 6. The van der Waals surface area contributed by atoms with Crippen LogP contribution in [-0.4, -0.2) is 20.6 Å². The number of nitrogens with one attached hydrogen (secondary N) is 2. The van der Waals surface area contributed by atoms with Crippen LogP contribution in [0.15, 0.2) is 36.5 Å². The molecule has 13 heteroatoms. The van der Waals surface area contributed by atoms with E-state index >= 15 is 0 Å². The van der Waals surface area contributed by atoms with Crippen molar-refractivity contribution in [1.29, 1.82) is 0 Å². The Balaban J connectivity index is 1.75. The first-order valence-corrected chi connectivity index (χ1v) is 7.77. The van der Waals surface area contributed by atoms with E-state index in [1.54, 1.807) is 0 Å². The van der Waals surface area contributed by atoms with Gasteiger partial charge in [0.15, 0.2) is 11.5 Å². The number of nitrogens with zero attached hydrogens (tertiary/aromatic N) is 3. The van der Waals surface area contributed by atoms with Crippen LogP contribution in [0.25, 0.3) is 5.65 Å². The monoisotopic (exact) mass is 421 g/mol. The molecule has 6 nitrogen and oxygen atoms in total. The maximum Gasteiger partial charge on any atom is 0.418 e. The molecule has 2 amide bonds. The first-order chi connectivity index (χ1) is 13.4. The van der Waals surface area contributed by atoms with Crippen molar-refractivity contribution < 1.29 is 35.5 Å². The first-order valence-electron chi connectivity index (χ1n) is 7.77. The molecule has 0 aliphatic rings. The molecule has 0 bridgehead atoms. The molecule has 2 aromatic heterocycles. The molecule has 1 aromatic carbocycles. The van der Waals surface area contributed by atoms with Crippen LogP contribution in [0.4, 0.5) is 41.2 Å². The fourth-order valence-corrected chi connectivity index (χ4v) is 2.41. The topological polar surface area (TPSA) is 71.3 Å².